The fraction of sp³-hybridized carbons (Fsp3) is 0.111. The van der Waals surface area contributed by atoms with E-state index in [0.717, 1.165) is 29.5 Å². The van der Waals surface area contributed by atoms with E-state index in [4.69, 9.17) is 4.74 Å². The van der Waals surface area contributed by atoms with E-state index in [-0.39, 0.29) is 17.2 Å². The average molecular weight is 360 g/mol. The van der Waals surface area contributed by atoms with Gasteiger partial charge in [0.25, 0.3) is 5.91 Å². The largest absolute Gasteiger partial charge is 0.494 e. The van der Waals surface area contributed by atoms with Crippen LogP contribution in [0.25, 0.3) is 11.3 Å². The number of aromatic nitrogens is 1. The predicted octanol–water partition coefficient (Wildman–Crippen LogP) is 4.74. The van der Waals surface area contributed by atoms with Gasteiger partial charge in [0.2, 0.25) is 0 Å². The van der Waals surface area contributed by atoms with Gasteiger partial charge in [0.1, 0.15) is 17.4 Å². The van der Waals surface area contributed by atoms with Crippen LogP contribution < -0.4 is 10.1 Å². The number of nitrogens with zero attached hydrogens (tertiary/aromatic N) is 1. The van der Waals surface area contributed by atoms with Gasteiger partial charge in [0.15, 0.2) is 5.13 Å². The Labute approximate surface area is 147 Å². The minimum atomic E-state index is -0.573. The maximum Gasteiger partial charge on any atom is 0.257 e. The molecule has 2 aromatic carbocycles. The fourth-order valence-electron chi connectivity index (χ4n) is 2.19. The van der Waals surface area contributed by atoms with Crippen LogP contribution in [0.3, 0.4) is 0 Å². The molecule has 7 heteroatoms. The predicted molar refractivity (Wildman–Crippen MR) is 93.0 cm³/mol. The van der Waals surface area contributed by atoms with E-state index in [2.05, 4.69) is 10.3 Å². The Bertz CT molecular complexity index is 894. The number of nitrogens with one attached hydrogen (secondary N) is 1. The number of ether oxygens (including phenoxy) is 1. The van der Waals surface area contributed by atoms with Gasteiger partial charge in [-0.25, -0.2) is 13.8 Å². The van der Waals surface area contributed by atoms with Gasteiger partial charge >= 0.3 is 0 Å². The minimum Gasteiger partial charge on any atom is -0.494 e. The Morgan fingerprint density at radius 1 is 1.20 bits per heavy atom. The van der Waals surface area contributed by atoms with Crippen LogP contribution in [-0.4, -0.2) is 17.5 Å². The lowest BCUT2D eigenvalue weighted by atomic mass is 10.1. The molecule has 0 saturated carbocycles. The Morgan fingerprint density at radius 2 is 1.96 bits per heavy atom. The molecule has 25 heavy (non-hydrogen) atoms. The molecule has 1 heterocycles. The van der Waals surface area contributed by atoms with E-state index in [1.807, 2.05) is 6.92 Å². The SMILES string of the molecule is CCOc1ccc(C(=O)Nc2nc(-c3cc(F)ccc3F)cs2)cc1. The standard InChI is InChI=1S/C18H14F2N2O2S/c1-2-24-13-6-3-11(4-7-13)17(23)22-18-21-16(10-25-18)14-9-12(19)5-8-15(14)20/h3-10H,2H2,1H3,(H,21,22,23). The molecule has 128 valence electrons. The highest BCUT2D eigenvalue weighted by Crippen LogP contribution is 2.28. The highest BCUT2D eigenvalue weighted by atomic mass is 32.1. The number of hydrogen-bond donors (Lipinski definition) is 1. The molecule has 0 aliphatic heterocycles. The summed E-state index contributed by atoms with van der Waals surface area (Å²) in [6, 6.07) is 9.84. The molecule has 0 fully saturated rings. The van der Waals surface area contributed by atoms with Gasteiger partial charge in [0.05, 0.1) is 12.3 Å². The first-order valence-electron chi connectivity index (χ1n) is 7.52. The number of anilines is 1. The number of benzene rings is 2. The van der Waals surface area contributed by atoms with Crippen molar-refractivity contribution < 1.29 is 18.3 Å². The third kappa shape index (κ3) is 4.00. The summed E-state index contributed by atoms with van der Waals surface area (Å²) in [6.45, 7) is 2.42. The van der Waals surface area contributed by atoms with Crippen LogP contribution in [0, 0.1) is 11.6 Å². The molecule has 0 unspecified atom stereocenters. The third-order valence-electron chi connectivity index (χ3n) is 3.36. The number of carbonyl (C=O) groups excluding carboxylic acids is 1. The van der Waals surface area contributed by atoms with Crippen molar-refractivity contribution in [3.63, 3.8) is 0 Å². The van der Waals surface area contributed by atoms with E-state index in [0.29, 0.717) is 23.1 Å². The maximum atomic E-state index is 13.8. The molecule has 1 N–H and O–H groups in total. The number of hydrogen-bond acceptors (Lipinski definition) is 4. The molecule has 0 atom stereocenters. The molecule has 0 radical (unpaired) electrons. The van der Waals surface area contributed by atoms with Crippen molar-refractivity contribution in [2.24, 2.45) is 0 Å². The Hall–Kier alpha value is -2.80. The van der Waals surface area contributed by atoms with E-state index in [1.54, 1.807) is 29.6 Å². The molecule has 0 aliphatic rings. The summed E-state index contributed by atoms with van der Waals surface area (Å²) < 4.78 is 32.4. The second-order valence-electron chi connectivity index (χ2n) is 5.07. The van der Waals surface area contributed by atoms with Gasteiger partial charge in [-0.15, -0.1) is 11.3 Å². The molecule has 0 bridgehead atoms. The van der Waals surface area contributed by atoms with E-state index in [9.17, 15) is 13.6 Å². The van der Waals surface area contributed by atoms with Gasteiger partial charge in [-0.2, -0.15) is 0 Å². The van der Waals surface area contributed by atoms with Crippen molar-refractivity contribution in [1.82, 2.24) is 4.98 Å². The van der Waals surface area contributed by atoms with Crippen molar-refractivity contribution in [2.75, 3.05) is 11.9 Å². The molecular weight excluding hydrogens is 346 g/mol. The molecule has 1 amide bonds. The molecule has 0 spiro atoms. The first-order chi connectivity index (χ1) is 12.1. The second-order valence-corrected chi connectivity index (χ2v) is 5.93. The summed E-state index contributed by atoms with van der Waals surface area (Å²) in [5, 5.41) is 4.51. The van der Waals surface area contributed by atoms with Crippen LogP contribution in [0.4, 0.5) is 13.9 Å². The Kier molecular flexibility index (Phi) is 5.04. The normalized spacial score (nSPS) is 10.5. The molecule has 0 saturated heterocycles. The van der Waals surface area contributed by atoms with E-state index < -0.39 is 11.6 Å². The summed E-state index contributed by atoms with van der Waals surface area (Å²) in [6.07, 6.45) is 0. The van der Waals surface area contributed by atoms with Crippen LogP contribution in [-0.2, 0) is 0 Å². The van der Waals surface area contributed by atoms with Crippen LogP contribution in [0.1, 0.15) is 17.3 Å². The van der Waals surface area contributed by atoms with Gasteiger partial charge in [-0.05, 0) is 49.4 Å². The zero-order chi connectivity index (χ0) is 17.8. The van der Waals surface area contributed by atoms with Crippen molar-refractivity contribution in [3.8, 4) is 17.0 Å². The Balaban J connectivity index is 1.74. The molecular formula is C18H14F2N2O2S. The first-order valence-corrected chi connectivity index (χ1v) is 8.40. The summed E-state index contributed by atoms with van der Waals surface area (Å²) in [5.41, 5.74) is 0.763. The highest BCUT2D eigenvalue weighted by Gasteiger charge is 2.13. The second kappa shape index (κ2) is 7.40. The zero-order valence-electron chi connectivity index (χ0n) is 13.3. The van der Waals surface area contributed by atoms with Gasteiger partial charge < -0.3 is 4.74 Å². The molecule has 3 rings (SSSR count). The quantitative estimate of drug-likeness (QED) is 0.715. The van der Waals surface area contributed by atoms with E-state index in [1.165, 1.54) is 0 Å². The first kappa shape index (κ1) is 17.0. The monoisotopic (exact) mass is 360 g/mol. The molecule has 0 aliphatic carbocycles. The van der Waals surface area contributed by atoms with Crippen molar-refractivity contribution in [1.29, 1.82) is 0 Å². The van der Waals surface area contributed by atoms with Crippen LogP contribution in [0.2, 0.25) is 0 Å². The lowest BCUT2D eigenvalue weighted by Crippen LogP contribution is -2.11. The maximum absolute atomic E-state index is 13.8. The molecule has 4 nitrogen and oxygen atoms in total. The molecule has 3 aromatic rings. The van der Waals surface area contributed by atoms with Crippen LogP contribution in [0.15, 0.2) is 47.8 Å². The number of carbonyl (C=O) groups is 1. The lowest BCUT2D eigenvalue weighted by molar-refractivity contribution is 0.102. The third-order valence-corrected chi connectivity index (χ3v) is 4.11. The van der Waals surface area contributed by atoms with Crippen molar-refractivity contribution >= 4 is 22.4 Å². The smallest absolute Gasteiger partial charge is 0.257 e. The minimum absolute atomic E-state index is 0.0535. The number of halogens is 2. The topological polar surface area (TPSA) is 51.2 Å². The van der Waals surface area contributed by atoms with Gasteiger partial charge in [0, 0.05) is 16.5 Å². The average Bonchev–Trinajstić information content (AvgIpc) is 3.06. The van der Waals surface area contributed by atoms with Gasteiger partial charge in [-0.3, -0.25) is 10.1 Å². The number of rotatable bonds is 5. The van der Waals surface area contributed by atoms with Crippen LogP contribution in [0.5, 0.6) is 5.75 Å². The summed E-state index contributed by atoms with van der Waals surface area (Å²) in [4.78, 5) is 16.4. The lowest BCUT2D eigenvalue weighted by Gasteiger charge is -2.05. The fourth-order valence-corrected chi connectivity index (χ4v) is 2.89. The zero-order valence-corrected chi connectivity index (χ0v) is 14.1. The Morgan fingerprint density at radius 3 is 2.68 bits per heavy atom. The van der Waals surface area contributed by atoms with Crippen LogP contribution >= 0.6 is 11.3 Å². The van der Waals surface area contributed by atoms with Crippen molar-refractivity contribution in [2.45, 2.75) is 6.92 Å². The highest BCUT2D eigenvalue weighted by molar-refractivity contribution is 7.14. The molecule has 1 aromatic heterocycles. The van der Waals surface area contributed by atoms with Crippen molar-refractivity contribution in [3.05, 3.63) is 65.0 Å². The van der Waals surface area contributed by atoms with E-state index >= 15 is 0 Å². The number of thiazole rings is 1. The van der Waals surface area contributed by atoms with Gasteiger partial charge in [-0.1, -0.05) is 0 Å². The summed E-state index contributed by atoms with van der Waals surface area (Å²) >= 11 is 1.14. The number of amides is 1. The summed E-state index contributed by atoms with van der Waals surface area (Å²) in [7, 11) is 0. The summed E-state index contributed by atoms with van der Waals surface area (Å²) in [5.74, 6) is -0.790.